The summed E-state index contributed by atoms with van der Waals surface area (Å²) in [6.45, 7) is 14.4. The summed E-state index contributed by atoms with van der Waals surface area (Å²) in [5, 5.41) is 7.36. The van der Waals surface area contributed by atoms with Crippen LogP contribution in [0.3, 0.4) is 0 Å². The molecule has 2 rings (SSSR count). The Morgan fingerprint density at radius 2 is 2.00 bits per heavy atom. The van der Waals surface area contributed by atoms with Crippen molar-refractivity contribution in [1.82, 2.24) is 15.5 Å². The van der Waals surface area contributed by atoms with E-state index in [1.54, 1.807) is 0 Å². The van der Waals surface area contributed by atoms with E-state index < -0.39 is 0 Å². The van der Waals surface area contributed by atoms with E-state index in [-0.39, 0.29) is 0 Å². The standard InChI is InChI=1S/C16H33N3O/c1-13(11-15-12-20-10-7-17-15)18-14-5-8-19(9-6-14)16(2,3)4/h13-15,17-18H,5-12H2,1-4H3. The SMILES string of the molecule is CC(CC1COCCN1)NC1CCN(C(C)(C)C)CC1. The summed E-state index contributed by atoms with van der Waals surface area (Å²) in [7, 11) is 0. The van der Waals surface area contributed by atoms with Gasteiger partial charge in [-0.25, -0.2) is 0 Å². The molecule has 2 unspecified atom stereocenters. The fraction of sp³-hybridized carbons (Fsp3) is 1.00. The molecule has 2 heterocycles. The van der Waals surface area contributed by atoms with Crippen molar-refractivity contribution in [3.05, 3.63) is 0 Å². The molecule has 0 radical (unpaired) electrons. The molecule has 2 aliphatic heterocycles. The number of nitrogens with zero attached hydrogens (tertiary/aromatic N) is 1. The van der Waals surface area contributed by atoms with E-state index in [0.717, 1.165) is 19.8 Å². The Hall–Kier alpha value is -0.160. The van der Waals surface area contributed by atoms with Crippen LogP contribution in [0, 0.1) is 0 Å². The zero-order valence-corrected chi connectivity index (χ0v) is 13.7. The first kappa shape index (κ1) is 16.2. The van der Waals surface area contributed by atoms with E-state index >= 15 is 0 Å². The molecular formula is C16H33N3O. The minimum absolute atomic E-state index is 0.319. The zero-order chi connectivity index (χ0) is 14.6. The number of hydrogen-bond acceptors (Lipinski definition) is 4. The molecule has 0 aromatic rings. The van der Waals surface area contributed by atoms with Crippen molar-refractivity contribution < 1.29 is 4.74 Å². The lowest BCUT2D eigenvalue weighted by Gasteiger charge is -2.41. The Labute approximate surface area is 124 Å². The summed E-state index contributed by atoms with van der Waals surface area (Å²) >= 11 is 0. The Balaban J connectivity index is 1.66. The van der Waals surface area contributed by atoms with E-state index in [0.29, 0.717) is 23.7 Å². The molecule has 2 saturated heterocycles. The Bertz CT molecular complexity index is 276. The minimum Gasteiger partial charge on any atom is -0.379 e. The lowest BCUT2D eigenvalue weighted by atomic mass is 9.97. The van der Waals surface area contributed by atoms with Crippen molar-refractivity contribution >= 4 is 0 Å². The maximum Gasteiger partial charge on any atom is 0.0620 e. The van der Waals surface area contributed by atoms with Crippen LogP contribution in [0.15, 0.2) is 0 Å². The number of piperidine rings is 1. The smallest absolute Gasteiger partial charge is 0.0620 e. The fourth-order valence-electron chi connectivity index (χ4n) is 3.39. The highest BCUT2D eigenvalue weighted by atomic mass is 16.5. The molecule has 20 heavy (non-hydrogen) atoms. The van der Waals surface area contributed by atoms with E-state index in [4.69, 9.17) is 4.74 Å². The van der Waals surface area contributed by atoms with Crippen molar-refractivity contribution in [2.45, 2.75) is 70.6 Å². The van der Waals surface area contributed by atoms with Gasteiger partial charge in [-0.05, 0) is 47.0 Å². The minimum atomic E-state index is 0.319. The largest absolute Gasteiger partial charge is 0.379 e. The highest BCUT2D eigenvalue weighted by Crippen LogP contribution is 2.20. The molecule has 4 nitrogen and oxygen atoms in total. The first-order valence-corrected chi connectivity index (χ1v) is 8.27. The Kier molecular flexibility index (Phi) is 5.84. The van der Waals surface area contributed by atoms with Gasteiger partial charge in [0, 0.05) is 43.3 Å². The van der Waals surface area contributed by atoms with Gasteiger partial charge in [0.15, 0.2) is 0 Å². The summed E-state index contributed by atoms with van der Waals surface area (Å²) in [6, 6.07) is 1.79. The molecular weight excluding hydrogens is 250 g/mol. The first-order chi connectivity index (χ1) is 9.45. The topological polar surface area (TPSA) is 36.5 Å². The molecule has 4 heteroatoms. The van der Waals surface area contributed by atoms with Crippen LogP contribution < -0.4 is 10.6 Å². The van der Waals surface area contributed by atoms with Gasteiger partial charge < -0.3 is 15.4 Å². The zero-order valence-electron chi connectivity index (χ0n) is 13.7. The van der Waals surface area contributed by atoms with Crippen LogP contribution in [0.2, 0.25) is 0 Å². The lowest BCUT2D eigenvalue weighted by Crippen LogP contribution is -2.52. The fourth-order valence-corrected chi connectivity index (χ4v) is 3.39. The average Bonchev–Trinajstić information content (AvgIpc) is 2.39. The van der Waals surface area contributed by atoms with Gasteiger partial charge in [-0.1, -0.05) is 0 Å². The maximum atomic E-state index is 5.53. The summed E-state index contributed by atoms with van der Waals surface area (Å²) in [6.07, 6.45) is 3.71. The van der Waals surface area contributed by atoms with Crippen LogP contribution in [0.4, 0.5) is 0 Å². The van der Waals surface area contributed by atoms with Crippen molar-refractivity contribution in [2.75, 3.05) is 32.8 Å². The summed E-state index contributed by atoms with van der Waals surface area (Å²) < 4.78 is 5.53. The van der Waals surface area contributed by atoms with Gasteiger partial charge in [0.25, 0.3) is 0 Å². The molecule has 2 atom stereocenters. The molecule has 118 valence electrons. The monoisotopic (exact) mass is 283 g/mol. The van der Waals surface area contributed by atoms with Crippen LogP contribution in [0.5, 0.6) is 0 Å². The molecule has 2 N–H and O–H groups in total. The number of likely N-dealkylation sites (tertiary alicyclic amines) is 1. The second-order valence-electron chi connectivity index (χ2n) is 7.46. The predicted molar refractivity (Wildman–Crippen MR) is 84.2 cm³/mol. The second-order valence-corrected chi connectivity index (χ2v) is 7.46. The summed E-state index contributed by atoms with van der Waals surface area (Å²) in [4.78, 5) is 2.60. The third-order valence-electron chi connectivity index (χ3n) is 4.60. The van der Waals surface area contributed by atoms with Gasteiger partial charge in [0.05, 0.1) is 13.2 Å². The van der Waals surface area contributed by atoms with Crippen molar-refractivity contribution in [3.63, 3.8) is 0 Å². The van der Waals surface area contributed by atoms with Gasteiger partial charge in [-0.2, -0.15) is 0 Å². The molecule has 0 amide bonds. The van der Waals surface area contributed by atoms with Gasteiger partial charge in [-0.15, -0.1) is 0 Å². The predicted octanol–water partition coefficient (Wildman–Crippen LogP) is 1.61. The molecule has 2 fully saturated rings. The lowest BCUT2D eigenvalue weighted by molar-refractivity contribution is 0.0679. The number of morpholine rings is 1. The first-order valence-electron chi connectivity index (χ1n) is 8.27. The summed E-state index contributed by atoms with van der Waals surface area (Å²) in [5.41, 5.74) is 0.319. The van der Waals surface area contributed by atoms with E-state index in [2.05, 4.69) is 43.2 Å². The van der Waals surface area contributed by atoms with Crippen molar-refractivity contribution in [2.24, 2.45) is 0 Å². The molecule has 0 aliphatic carbocycles. The third kappa shape index (κ3) is 4.99. The highest BCUT2D eigenvalue weighted by molar-refractivity contribution is 4.86. The third-order valence-corrected chi connectivity index (χ3v) is 4.60. The van der Waals surface area contributed by atoms with Crippen LogP contribution >= 0.6 is 0 Å². The number of rotatable bonds is 4. The van der Waals surface area contributed by atoms with E-state index in [9.17, 15) is 0 Å². The van der Waals surface area contributed by atoms with Gasteiger partial charge in [0.2, 0.25) is 0 Å². The molecule has 0 aromatic heterocycles. The van der Waals surface area contributed by atoms with E-state index in [1.807, 2.05) is 0 Å². The van der Waals surface area contributed by atoms with Crippen LogP contribution in [0.25, 0.3) is 0 Å². The number of hydrogen-bond donors (Lipinski definition) is 2. The van der Waals surface area contributed by atoms with Gasteiger partial charge >= 0.3 is 0 Å². The Morgan fingerprint density at radius 1 is 1.30 bits per heavy atom. The maximum absolute atomic E-state index is 5.53. The highest BCUT2D eigenvalue weighted by Gasteiger charge is 2.27. The van der Waals surface area contributed by atoms with Crippen LogP contribution in [-0.4, -0.2) is 61.4 Å². The van der Waals surface area contributed by atoms with Crippen molar-refractivity contribution in [1.29, 1.82) is 0 Å². The molecule has 2 aliphatic rings. The van der Waals surface area contributed by atoms with Crippen molar-refractivity contribution in [3.8, 4) is 0 Å². The molecule has 0 spiro atoms. The van der Waals surface area contributed by atoms with E-state index in [1.165, 1.54) is 32.4 Å². The second kappa shape index (κ2) is 7.21. The molecule has 0 bridgehead atoms. The van der Waals surface area contributed by atoms with Crippen LogP contribution in [-0.2, 0) is 4.74 Å². The number of nitrogens with one attached hydrogen (secondary N) is 2. The molecule has 0 saturated carbocycles. The van der Waals surface area contributed by atoms with Gasteiger partial charge in [0.1, 0.15) is 0 Å². The van der Waals surface area contributed by atoms with Gasteiger partial charge in [-0.3, -0.25) is 4.90 Å². The average molecular weight is 283 g/mol. The Morgan fingerprint density at radius 3 is 2.55 bits per heavy atom. The quantitative estimate of drug-likeness (QED) is 0.822. The molecule has 0 aromatic carbocycles. The van der Waals surface area contributed by atoms with Crippen LogP contribution in [0.1, 0.15) is 47.0 Å². The number of ether oxygens (including phenoxy) is 1. The normalized spacial score (nSPS) is 28.5. The summed E-state index contributed by atoms with van der Waals surface area (Å²) in [5.74, 6) is 0.